The van der Waals surface area contributed by atoms with Gasteiger partial charge in [-0.25, -0.2) is 0 Å². The van der Waals surface area contributed by atoms with Gasteiger partial charge < -0.3 is 9.59 Å². The Hall–Kier alpha value is 1.53. The molecule has 3 nitrogen and oxygen atoms in total. The van der Waals surface area contributed by atoms with Gasteiger partial charge in [0.1, 0.15) is 0 Å². The van der Waals surface area contributed by atoms with E-state index in [0.29, 0.717) is 0 Å². The maximum atomic E-state index is 8.74. The summed E-state index contributed by atoms with van der Waals surface area (Å²) >= 11 is 0. The normalized spacial score (nSPS) is 4.00. The smallest absolute Gasteiger partial charge is 0.511 e. The first-order valence-corrected chi connectivity index (χ1v) is 1.95. The molecule has 6 heavy (non-hydrogen) atoms. The van der Waals surface area contributed by atoms with Gasteiger partial charge in [0.05, 0.1) is 0 Å². The van der Waals surface area contributed by atoms with Crippen molar-refractivity contribution in [2.24, 2.45) is 0 Å². The SMILES string of the molecule is O=[Si](O)O.[La].[Ti]. The Morgan fingerprint density at radius 1 is 1.33 bits per heavy atom. The minimum absolute atomic E-state index is 0. The Bertz CT molecular complexity index is 33.8. The molecule has 0 unspecified atom stereocenters. The van der Waals surface area contributed by atoms with Crippen molar-refractivity contribution >= 4 is 9.17 Å². The maximum Gasteiger partial charge on any atom is 0.761 e. The second kappa shape index (κ2) is 9.73. The van der Waals surface area contributed by atoms with Gasteiger partial charge in [0.25, 0.3) is 0 Å². The molecular weight excluding hydrogens is 263 g/mol. The zero-order valence-electron chi connectivity index (χ0n) is 2.88. The summed E-state index contributed by atoms with van der Waals surface area (Å²) in [4.78, 5) is 14.3. The van der Waals surface area contributed by atoms with Gasteiger partial charge in [-0.05, 0) is 0 Å². The van der Waals surface area contributed by atoms with Crippen LogP contribution in [0.25, 0.3) is 0 Å². The molecular formula is H2LaO3SiTi. The largest absolute Gasteiger partial charge is 0.761 e. The van der Waals surface area contributed by atoms with Crippen LogP contribution in [0.1, 0.15) is 0 Å². The predicted octanol–water partition coefficient (Wildman–Crippen LogP) is -1.62. The Morgan fingerprint density at radius 3 is 1.33 bits per heavy atom. The molecule has 0 amide bonds. The molecule has 0 aliphatic rings. The minimum Gasteiger partial charge on any atom is -0.511 e. The van der Waals surface area contributed by atoms with E-state index < -0.39 is 9.17 Å². The van der Waals surface area contributed by atoms with Gasteiger partial charge in [-0.3, -0.25) is 4.46 Å². The third-order valence-corrected chi connectivity index (χ3v) is 0. The van der Waals surface area contributed by atoms with Crippen LogP contribution in [0, 0.1) is 35.6 Å². The third-order valence-electron chi connectivity index (χ3n) is 0. The van der Waals surface area contributed by atoms with Crippen molar-refractivity contribution in [3.8, 4) is 0 Å². The van der Waals surface area contributed by atoms with E-state index in [-0.39, 0.29) is 57.3 Å². The van der Waals surface area contributed by atoms with Gasteiger partial charge >= 0.3 is 9.17 Å². The zero-order valence-corrected chi connectivity index (χ0v) is 9.07. The standard InChI is InChI=1S/La.H2O3Si.Ti/c;1-4(2)3;/h;1-2H;. The fourth-order valence-corrected chi connectivity index (χ4v) is 0. The topological polar surface area (TPSA) is 57.5 Å². The molecule has 0 spiro atoms. The van der Waals surface area contributed by atoms with Gasteiger partial charge in [0, 0.05) is 57.3 Å². The summed E-state index contributed by atoms with van der Waals surface area (Å²) in [7, 11) is -3.13. The molecule has 0 bridgehead atoms. The summed E-state index contributed by atoms with van der Waals surface area (Å²) in [6.07, 6.45) is 0. The van der Waals surface area contributed by atoms with Crippen LogP contribution in [-0.2, 0) is 26.2 Å². The van der Waals surface area contributed by atoms with E-state index in [4.69, 9.17) is 14.1 Å². The minimum atomic E-state index is -3.13. The molecule has 2 N–H and O–H groups in total. The molecule has 31 valence electrons. The van der Waals surface area contributed by atoms with Crippen LogP contribution in [-0.4, -0.2) is 18.8 Å². The number of hydrogen-bond donors (Lipinski definition) is 2. The molecule has 0 fully saturated rings. The summed E-state index contributed by atoms with van der Waals surface area (Å²) < 4.78 is 8.74. The first kappa shape index (κ1) is 15.6. The number of rotatable bonds is 0. The molecule has 0 aromatic rings. The monoisotopic (exact) mass is 265 g/mol. The van der Waals surface area contributed by atoms with Crippen molar-refractivity contribution in [2.75, 3.05) is 0 Å². The molecule has 0 heterocycles. The zero-order chi connectivity index (χ0) is 3.58. The Morgan fingerprint density at radius 2 is 1.33 bits per heavy atom. The van der Waals surface area contributed by atoms with Gasteiger partial charge in [-0.1, -0.05) is 0 Å². The molecule has 1 radical (unpaired) electrons. The maximum absolute atomic E-state index is 8.74. The van der Waals surface area contributed by atoms with E-state index >= 15 is 0 Å². The molecule has 0 aromatic heterocycles. The Labute approximate surface area is 79.5 Å². The fraction of sp³-hybridized carbons (Fsp3) is 0. The number of hydrogen-bond acceptors (Lipinski definition) is 1. The van der Waals surface area contributed by atoms with Crippen molar-refractivity contribution in [2.45, 2.75) is 0 Å². The second-order valence-corrected chi connectivity index (χ2v) is 0.848. The molecule has 0 aromatic carbocycles. The summed E-state index contributed by atoms with van der Waals surface area (Å²) in [5.74, 6) is 0. The van der Waals surface area contributed by atoms with Crippen LogP contribution in [0.4, 0.5) is 0 Å². The van der Waals surface area contributed by atoms with Crippen molar-refractivity contribution in [1.82, 2.24) is 0 Å². The summed E-state index contributed by atoms with van der Waals surface area (Å²) in [5.41, 5.74) is 0. The van der Waals surface area contributed by atoms with Gasteiger partial charge in [0.15, 0.2) is 0 Å². The molecule has 0 aliphatic carbocycles. The molecule has 0 saturated heterocycles. The Kier molecular flexibility index (Phi) is 25.4. The van der Waals surface area contributed by atoms with Crippen LogP contribution >= 0.6 is 0 Å². The quantitative estimate of drug-likeness (QED) is 0.518. The van der Waals surface area contributed by atoms with Crippen LogP contribution in [0.2, 0.25) is 0 Å². The molecule has 0 aliphatic heterocycles. The van der Waals surface area contributed by atoms with Crippen molar-refractivity contribution in [3.63, 3.8) is 0 Å². The second-order valence-electron chi connectivity index (χ2n) is 0.283. The van der Waals surface area contributed by atoms with E-state index in [1.807, 2.05) is 0 Å². The predicted molar refractivity (Wildman–Crippen MR) is 10.9 cm³/mol. The first-order chi connectivity index (χ1) is 1.73. The van der Waals surface area contributed by atoms with E-state index in [2.05, 4.69) is 0 Å². The van der Waals surface area contributed by atoms with Crippen LogP contribution in [0.15, 0.2) is 0 Å². The van der Waals surface area contributed by atoms with Crippen LogP contribution < -0.4 is 0 Å². The van der Waals surface area contributed by atoms with E-state index in [1.54, 1.807) is 0 Å². The third kappa shape index (κ3) is 48.6. The van der Waals surface area contributed by atoms with Crippen molar-refractivity contribution in [1.29, 1.82) is 0 Å². The van der Waals surface area contributed by atoms with Gasteiger partial charge in [-0.15, -0.1) is 0 Å². The average molecular weight is 265 g/mol. The van der Waals surface area contributed by atoms with Gasteiger partial charge in [-0.2, -0.15) is 0 Å². The summed E-state index contributed by atoms with van der Waals surface area (Å²) in [6, 6.07) is 0. The van der Waals surface area contributed by atoms with Crippen LogP contribution in [0.3, 0.4) is 0 Å². The van der Waals surface area contributed by atoms with E-state index in [0.717, 1.165) is 0 Å². The fourth-order valence-electron chi connectivity index (χ4n) is 0. The van der Waals surface area contributed by atoms with Crippen molar-refractivity contribution in [3.05, 3.63) is 0 Å². The summed E-state index contributed by atoms with van der Waals surface area (Å²) in [5, 5.41) is 0. The first-order valence-electron chi connectivity index (χ1n) is 0.651. The van der Waals surface area contributed by atoms with Gasteiger partial charge in [0.2, 0.25) is 0 Å². The molecule has 0 atom stereocenters. The van der Waals surface area contributed by atoms with E-state index in [9.17, 15) is 0 Å². The average Bonchev–Trinajstić information content (AvgIpc) is 0.811. The molecule has 0 saturated carbocycles. The summed E-state index contributed by atoms with van der Waals surface area (Å²) in [6.45, 7) is 0. The van der Waals surface area contributed by atoms with E-state index in [1.165, 1.54) is 0 Å². The molecule has 6 heteroatoms. The Balaban J connectivity index is -0.0000000450. The van der Waals surface area contributed by atoms with Crippen molar-refractivity contribution < 1.29 is 71.4 Å². The van der Waals surface area contributed by atoms with Crippen LogP contribution in [0.5, 0.6) is 0 Å². The molecule has 0 rings (SSSR count).